The molecule has 1 N–H and O–H groups in total. The van der Waals surface area contributed by atoms with E-state index in [9.17, 15) is 22.4 Å². The molecule has 0 heterocycles. The minimum atomic E-state index is -4.16. The first-order valence-electron chi connectivity index (χ1n) is 12.7. The van der Waals surface area contributed by atoms with Crippen LogP contribution in [0.15, 0.2) is 83.8 Å². The maximum absolute atomic E-state index is 13.9. The first kappa shape index (κ1) is 30.1. The largest absolute Gasteiger partial charge is 0.354 e. The van der Waals surface area contributed by atoms with Crippen molar-refractivity contribution in [1.82, 2.24) is 10.2 Å². The Kier molecular flexibility index (Phi) is 10.5. The van der Waals surface area contributed by atoms with Crippen LogP contribution in [0.5, 0.6) is 0 Å². The average molecular weight is 574 g/mol. The number of halogens is 2. The highest BCUT2D eigenvalue weighted by Gasteiger charge is 2.33. The number of sulfonamides is 1. The first-order chi connectivity index (χ1) is 18.5. The molecule has 0 aliphatic rings. The summed E-state index contributed by atoms with van der Waals surface area (Å²) in [6, 6.07) is 18.7. The summed E-state index contributed by atoms with van der Waals surface area (Å²) >= 11 is 6.04. The van der Waals surface area contributed by atoms with Crippen LogP contribution in [-0.2, 0) is 26.2 Å². The van der Waals surface area contributed by atoms with E-state index in [1.165, 1.54) is 53.4 Å². The molecule has 2 amide bonds. The number of carbonyl (C=O) groups excluding carboxylic acids is 2. The molecule has 3 aromatic carbocycles. The van der Waals surface area contributed by atoms with Gasteiger partial charge in [-0.1, -0.05) is 62.7 Å². The van der Waals surface area contributed by atoms with E-state index in [0.717, 1.165) is 4.31 Å². The Morgan fingerprint density at radius 3 is 2.13 bits per heavy atom. The van der Waals surface area contributed by atoms with E-state index in [1.807, 2.05) is 13.8 Å². The molecule has 1 atom stereocenters. The standard InChI is InChI=1S/C29H33ClFN3O4S/c1-4-27(29(36)32-18-21(2)3)33(19-22-10-14-24(31)15-11-22)28(35)20-34(25-16-12-23(30)13-17-25)39(37,38)26-8-6-5-7-9-26/h5-17,21,27H,4,18-20H2,1-3H3,(H,32,36)/t27-/m0/s1. The van der Waals surface area contributed by atoms with Gasteiger partial charge in [-0.3, -0.25) is 13.9 Å². The lowest BCUT2D eigenvalue weighted by Crippen LogP contribution is -2.52. The van der Waals surface area contributed by atoms with Crippen molar-refractivity contribution in [3.05, 3.63) is 95.3 Å². The maximum Gasteiger partial charge on any atom is 0.264 e. The lowest BCUT2D eigenvalue weighted by molar-refractivity contribution is -0.140. The molecule has 0 bridgehead atoms. The van der Waals surface area contributed by atoms with Crippen LogP contribution in [0, 0.1) is 11.7 Å². The number of benzene rings is 3. The highest BCUT2D eigenvalue weighted by atomic mass is 35.5. The third-order valence-corrected chi connectivity index (χ3v) is 8.10. The summed E-state index contributed by atoms with van der Waals surface area (Å²) in [7, 11) is -4.16. The fourth-order valence-electron chi connectivity index (χ4n) is 3.98. The lowest BCUT2D eigenvalue weighted by Gasteiger charge is -2.33. The molecule has 0 saturated heterocycles. The fraction of sp³-hybridized carbons (Fsp3) is 0.310. The van der Waals surface area contributed by atoms with Crippen molar-refractivity contribution < 1.29 is 22.4 Å². The highest BCUT2D eigenvalue weighted by molar-refractivity contribution is 7.92. The predicted octanol–water partition coefficient (Wildman–Crippen LogP) is 5.25. The van der Waals surface area contributed by atoms with Gasteiger partial charge >= 0.3 is 0 Å². The number of hydrogen-bond acceptors (Lipinski definition) is 4. The van der Waals surface area contributed by atoms with E-state index in [4.69, 9.17) is 11.6 Å². The van der Waals surface area contributed by atoms with Gasteiger partial charge < -0.3 is 10.2 Å². The highest BCUT2D eigenvalue weighted by Crippen LogP contribution is 2.26. The second-order valence-corrected chi connectivity index (χ2v) is 11.8. The molecule has 3 aromatic rings. The topological polar surface area (TPSA) is 86.8 Å². The second kappa shape index (κ2) is 13.6. The van der Waals surface area contributed by atoms with Gasteiger partial charge in [0, 0.05) is 18.1 Å². The van der Waals surface area contributed by atoms with Crippen molar-refractivity contribution in [2.75, 3.05) is 17.4 Å². The van der Waals surface area contributed by atoms with Crippen LogP contribution < -0.4 is 9.62 Å². The average Bonchev–Trinajstić information content (AvgIpc) is 2.92. The van der Waals surface area contributed by atoms with E-state index in [0.29, 0.717) is 23.6 Å². The van der Waals surface area contributed by atoms with Crippen molar-refractivity contribution in [2.24, 2.45) is 5.92 Å². The van der Waals surface area contributed by atoms with E-state index in [-0.39, 0.29) is 29.0 Å². The Hall–Kier alpha value is -3.43. The van der Waals surface area contributed by atoms with Crippen molar-refractivity contribution in [3.8, 4) is 0 Å². The Labute approximate surface area is 234 Å². The molecule has 0 spiro atoms. The Balaban J connectivity index is 2.02. The molecule has 0 unspecified atom stereocenters. The van der Waals surface area contributed by atoms with Gasteiger partial charge in [-0.2, -0.15) is 0 Å². The van der Waals surface area contributed by atoms with Crippen molar-refractivity contribution in [2.45, 2.75) is 44.7 Å². The molecular formula is C29H33ClFN3O4S. The zero-order valence-electron chi connectivity index (χ0n) is 22.2. The molecular weight excluding hydrogens is 541 g/mol. The second-order valence-electron chi connectivity index (χ2n) is 9.51. The third kappa shape index (κ3) is 8.03. The van der Waals surface area contributed by atoms with Gasteiger partial charge in [0.15, 0.2) is 0 Å². The quantitative estimate of drug-likeness (QED) is 0.320. The molecule has 0 aliphatic carbocycles. The summed E-state index contributed by atoms with van der Waals surface area (Å²) in [6.45, 7) is 5.55. The van der Waals surface area contributed by atoms with Gasteiger partial charge in [0.05, 0.1) is 10.6 Å². The molecule has 39 heavy (non-hydrogen) atoms. The molecule has 10 heteroatoms. The summed E-state index contributed by atoms with van der Waals surface area (Å²) in [4.78, 5) is 28.5. The van der Waals surface area contributed by atoms with Gasteiger partial charge in [0.2, 0.25) is 11.8 Å². The summed E-state index contributed by atoms with van der Waals surface area (Å²) in [5, 5.41) is 3.28. The monoisotopic (exact) mass is 573 g/mol. The Morgan fingerprint density at radius 1 is 0.949 bits per heavy atom. The van der Waals surface area contributed by atoms with Gasteiger partial charge in [-0.15, -0.1) is 0 Å². The van der Waals surface area contributed by atoms with E-state index in [1.54, 1.807) is 37.3 Å². The van der Waals surface area contributed by atoms with Crippen LogP contribution in [0.1, 0.15) is 32.8 Å². The molecule has 3 rings (SSSR count). The molecule has 0 fully saturated rings. The number of nitrogens with zero attached hydrogens (tertiary/aromatic N) is 2. The van der Waals surface area contributed by atoms with Gasteiger partial charge in [0.25, 0.3) is 10.0 Å². The number of amides is 2. The maximum atomic E-state index is 13.9. The predicted molar refractivity (Wildman–Crippen MR) is 151 cm³/mol. The van der Waals surface area contributed by atoms with E-state index >= 15 is 0 Å². The molecule has 0 aromatic heterocycles. The molecule has 0 saturated carbocycles. The minimum Gasteiger partial charge on any atom is -0.354 e. The van der Waals surface area contributed by atoms with E-state index in [2.05, 4.69) is 5.32 Å². The summed E-state index contributed by atoms with van der Waals surface area (Å²) in [5.41, 5.74) is 0.847. The van der Waals surface area contributed by atoms with Gasteiger partial charge in [-0.25, -0.2) is 12.8 Å². The Bertz CT molecular complexity index is 1350. The van der Waals surface area contributed by atoms with Crippen molar-refractivity contribution in [1.29, 1.82) is 0 Å². The normalized spacial score (nSPS) is 12.2. The number of nitrogens with one attached hydrogen (secondary N) is 1. The lowest BCUT2D eigenvalue weighted by atomic mass is 10.1. The van der Waals surface area contributed by atoms with Gasteiger partial charge in [0.1, 0.15) is 18.4 Å². The van der Waals surface area contributed by atoms with E-state index < -0.39 is 34.3 Å². The minimum absolute atomic E-state index is 0.00738. The molecule has 208 valence electrons. The number of carbonyl (C=O) groups is 2. The van der Waals surface area contributed by atoms with Crippen LogP contribution in [0.3, 0.4) is 0 Å². The molecule has 7 nitrogen and oxygen atoms in total. The fourth-order valence-corrected chi connectivity index (χ4v) is 5.55. The van der Waals surface area contributed by atoms with Crippen molar-refractivity contribution >= 4 is 39.1 Å². The Morgan fingerprint density at radius 2 is 1.56 bits per heavy atom. The van der Waals surface area contributed by atoms with Crippen LogP contribution in [-0.4, -0.2) is 44.3 Å². The zero-order valence-corrected chi connectivity index (χ0v) is 23.8. The first-order valence-corrected chi connectivity index (χ1v) is 14.5. The smallest absolute Gasteiger partial charge is 0.264 e. The summed E-state index contributed by atoms with van der Waals surface area (Å²) in [5.74, 6) is -1.16. The number of rotatable bonds is 12. The van der Waals surface area contributed by atoms with Gasteiger partial charge in [-0.05, 0) is 66.4 Å². The van der Waals surface area contributed by atoms with Crippen molar-refractivity contribution in [3.63, 3.8) is 0 Å². The third-order valence-electron chi connectivity index (χ3n) is 6.06. The zero-order chi connectivity index (χ0) is 28.6. The SMILES string of the molecule is CC[C@@H](C(=O)NCC(C)C)N(Cc1ccc(F)cc1)C(=O)CN(c1ccc(Cl)cc1)S(=O)(=O)c1ccccc1. The summed E-state index contributed by atoms with van der Waals surface area (Å²) < 4.78 is 42.0. The van der Waals surface area contributed by atoms with Crippen LogP contribution >= 0.6 is 11.6 Å². The van der Waals surface area contributed by atoms with Crippen LogP contribution in [0.25, 0.3) is 0 Å². The molecule has 0 aliphatic heterocycles. The van der Waals surface area contributed by atoms with Crippen LogP contribution in [0.4, 0.5) is 10.1 Å². The summed E-state index contributed by atoms with van der Waals surface area (Å²) in [6.07, 6.45) is 0.295. The number of anilines is 1. The number of hydrogen-bond donors (Lipinski definition) is 1. The van der Waals surface area contributed by atoms with Crippen LogP contribution in [0.2, 0.25) is 5.02 Å². The molecule has 0 radical (unpaired) electrons.